The van der Waals surface area contributed by atoms with Crippen LogP contribution in [-0.4, -0.2) is 33.8 Å². The monoisotopic (exact) mass is 448 g/mol. The van der Waals surface area contributed by atoms with E-state index in [2.05, 4.69) is 35.4 Å². The first kappa shape index (κ1) is 21.7. The van der Waals surface area contributed by atoms with Crippen molar-refractivity contribution in [3.63, 3.8) is 0 Å². The summed E-state index contributed by atoms with van der Waals surface area (Å²) in [6, 6.07) is 22.4. The lowest BCUT2D eigenvalue weighted by atomic mass is 10.1. The third-order valence-electron chi connectivity index (χ3n) is 6.47. The SMILES string of the molecule is Cc1cc2c(cc1C)n1c(C(=O)/C=C\c3ccc(N(C)C)cc3)c(-c3ccccc3)nc1n2C. The Labute approximate surface area is 199 Å². The number of imidazole rings is 2. The van der Waals surface area contributed by atoms with Gasteiger partial charge in [-0.1, -0.05) is 48.5 Å². The van der Waals surface area contributed by atoms with Crippen molar-refractivity contribution in [2.24, 2.45) is 7.05 Å². The van der Waals surface area contributed by atoms with E-state index in [1.807, 2.05) is 86.2 Å². The van der Waals surface area contributed by atoms with Crippen molar-refractivity contribution in [1.82, 2.24) is 14.0 Å². The number of carbonyl (C=O) groups is 1. The molecule has 0 unspecified atom stereocenters. The molecule has 34 heavy (non-hydrogen) atoms. The maximum Gasteiger partial charge on any atom is 0.215 e. The van der Waals surface area contributed by atoms with Crippen LogP contribution in [0.5, 0.6) is 0 Å². The van der Waals surface area contributed by atoms with Gasteiger partial charge < -0.3 is 9.47 Å². The number of benzene rings is 3. The van der Waals surface area contributed by atoms with Crippen molar-refractivity contribution in [3.05, 3.63) is 95.2 Å². The van der Waals surface area contributed by atoms with Crippen LogP contribution in [0, 0.1) is 13.8 Å². The minimum atomic E-state index is -0.0752. The third-order valence-corrected chi connectivity index (χ3v) is 6.47. The molecular weight excluding hydrogens is 420 g/mol. The van der Waals surface area contributed by atoms with Gasteiger partial charge >= 0.3 is 0 Å². The second-order valence-electron chi connectivity index (χ2n) is 8.98. The maximum atomic E-state index is 13.7. The molecule has 5 aromatic rings. The van der Waals surface area contributed by atoms with E-state index in [0.29, 0.717) is 11.4 Å². The zero-order chi connectivity index (χ0) is 24.0. The van der Waals surface area contributed by atoms with Crippen molar-refractivity contribution in [2.45, 2.75) is 13.8 Å². The fourth-order valence-corrected chi connectivity index (χ4v) is 4.36. The highest BCUT2D eigenvalue weighted by molar-refractivity contribution is 6.11. The molecule has 0 spiro atoms. The van der Waals surface area contributed by atoms with Gasteiger partial charge in [-0.15, -0.1) is 0 Å². The van der Waals surface area contributed by atoms with Crippen molar-refractivity contribution < 1.29 is 4.79 Å². The maximum absolute atomic E-state index is 13.7. The first-order valence-electron chi connectivity index (χ1n) is 11.4. The number of allylic oxidation sites excluding steroid dienone is 1. The number of hydrogen-bond acceptors (Lipinski definition) is 3. The van der Waals surface area contributed by atoms with E-state index in [4.69, 9.17) is 4.98 Å². The van der Waals surface area contributed by atoms with Gasteiger partial charge in [0.05, 0.1) is 11.0 Å². The zero-order valence-corrected chi connectivity index (χ0v) is 20.2. The van der Waals surface area contributed by atoms with Crippen LogP contribution in [0.25, 0.3) is 34.1 Å². The summed E-state index contributed by atoms with van der Waals surface area (Å²) in [4.78, 5) is 20.7. The molecule has 5 nitrogen and oxygen atoms in total. The van der Waals surface area contributed by atoms with E-state index in [0.717, 1.165) is 33.6 Å². The van der Waals surface area contributed by atoms with Crippen LogP contribution in [0.15, 0.2) is 72.8 Å². The van der Waals surface area contributed by atoms with Gasteiger partial charge in [0, 0.05) is 32.4 Å². The summed E-state index contributed by atoms with van der Waals surface area (Å²) < 4.78 is 4.07. The highest BCUT2D eigenvalue weighted by atomic mass is 16.1. The molecule has 2 heterocycles. The van der Waals surface area contributed by atoms with E-state index in [-0.39, 0.29) is 5.78 Å². The Kier molecular flexibility index (Phi) is 5.33. The molecule has 0 amide bonds. The van der Waals surface area contributed by atoms with Gasteiger partial charge in [-0.05, 0) is 60.9 Å². The lowest BCUT2D eigenvalue weighted by molar-refractivity contribution is 0.104. The molecule has 5 heteroatoms. The molecule has 170 valence electrons. The lowest BCUT2D eigenvalue weighted by Crippen LogP contribution is -2.07. The Morgan fingerprint density at radius 3 is 2.21 bits per heavy atom. The first-order valence-corrected chi connectivity index (χ1v) is 11.4. The van der Waals surface area contributed by atoms with Gasteiger partial charge in [0.15, 0.2) is 0 Å². The van der Waals surface area contributed by atoms with Gasteiger partial charge in [-0.25, -0.2) is 4.98 Å². The number of aromatic nitrogens is 3. The quantitative estimate of drug-likeness (QED) is 0.242. The van der Waals surface area contributed by atoms with Crippen LogP contribution in [0.2, 0.25) is 0 Å². The van der Waals surface area contributed by atoms with E-state index >= 15 is 0 Å². The van der Waals surface area contributed by atoms with Crippen LogP contribution in [0.1, 0.15) is 27.2 Å². The predicted octanol–water partition coefficient (Wildman–Crippen LogP) is 6.07. The Bertz CT molecular complexity index is 1550. The number of hydrogen-bond donors (Lipinski definition) is 0. The molecule has 0 fully saturated rings. The van der Waals surface area contributed by atoms with Crippen LogP contribution in [0.4, 0.5) is 5.69 Å². The summed E-state index contributed by atoms with van der Waals surface area (Å²) in [5.41, 5.74) is 8.75. The van der Waals surface area contributed by atoms with Gasteiger partial charge in [-0.2, -0.15) is 0 Å². The Morgan fingerprint density at radius 2 is 1.56 bits per heavy atom. The molecule has 0 aliphatic rings. The molecule has 0 aliphatic carbocycles. The number of ketones is 1. The second kappa shape index (κ2) is 8.34. The molecule has 0 bridgehead atoms. The minimum absolute atomic E-state index is 0.0752. The Hall–Kier alpha value is -4.12. The molecule has 0 saturated carbocycles. The highest BCUT2D eigenvalue weighted by Gasteiger charge is 2.24. The molecule has 0 aliphatic heterocycles. The average molecular weight is 449 g/mol. The largest absolute Gasteiger partial charge is 0.378 e. The van der Waals surface area contributed by atoms with Crippen molar-refractivity contribution in [2.75, 3.05) is 19.0 Å². The topological polar surface area (TPSA) is 42.5 Å². The number of rotatable bonds is 5. The van der Waals surface area contributed by atoms with E-state index in [9.17, 15) is 4.79 Å². The lowest BCUT2D eigenvalue weighted by Gasteiger charge is -2.11. The smallest absolute Gasteiger partial charge is 0.215 e. The number of nitrogens with zero attached hydrogens (tertiary/aromatic N) is 4. The van der Waals surface area contributed by atoms with Gasteiger partial charge in [0.2, 0.25) is 11.6 Å². The van der Waals surface area contributed by atoms with Crippen LogP contribution in [-0.2, 0) is 7.05 Å². The molecule has 0 saturated heterocycles. The third kappa shape index (κ3) is 3.59. The van der Waals surface area contributed by atoms with Crippen LogP contribution >= 0.6 is 0 Å². The van der Waals surface area contributed by atoms with Crippen LogP contribution in [0.3, 0.4) is 0 Å². The summed E-state index contributed by atoms with van der Waals surface area (Å²) in [7, 11) is 6.03. The first-order chi connectivity index (χ1) is 16.3. The summed E-state index contributed by atoms with van der Waals surface area (Å²) >= 11 is 0. The summed E-state index contributed by atoms with van der Waals surface area (Å²) in [6.07, 6.45) is 3.52. The number of fused-ring (bicyclic) bond motifs is 3. The van der Waals surface area contributed by atoms with E-state index in [1.54, 1.807) is 6.08 Å². The normalized spacial score (nSPS) is 11.7. The molecule has 0 radical (unpaired) electrons. The summed E-state index contributed by atoms with van der Waals surface area (Å²) in [6.45, 7) is 4.21. The van der Waals surface area contributed by atoms with E-state index in [1.165, 1.54) is 11.1 Å². The van der Waals surface area contributed by atoms with Gasteiger partial charge in [-0.3, -0.25) is 9.20 Å². The fourth-order valence-electron chi connectivity index (χ4n) is 4.36. The number of carbonyl (C=O) groups excluding carboxylic acids is 1. The molecular formula is C29H28N4O. The highest BCUT2D eigenvalue weighted by Crippen LogP contribution is 2.31. The molecule has 3 aromatic carbocycles. The van der Waals surface area contributed by atoms with Crippen molar-refractivity contribution in [1.29, 1.82) is 0 Å². The standard InChI is InChI=1S/C29H28N4O/c1-19-17-24-25(18-20(19)2)33-28(26(34)16-13-21-11-14-23(15-12-21)31(3)4)27(30-29(33)32(24)5)22-9-7-6-8-10-22/h6-18H,1-5H3/b16-13-. The molecule has 2 aromatic heterocycles. The van der Waals surface area contributed by atoms with E-state index < -0.39 is 0 Å². The second-order valence-corrected chi connectivity index (χ2v) is 8.98. The van der Waals surface area contributed by atoms with Crippen molar-refractivity contribution >= 4 is 34.4 Å². The van der Waals surface area contributed by atoms with Gasteiger partial charge in [0.25, 0.3) is 0 Å². The average Bonchev–Trinajstić information content (AvgIpc) is 3.35. The predicted molar refractivity (Wildman–Crippen MR) is 141 cm³/mol. The fraction of sp³-hybridized carbons (Fsp3) is 0.172. The van der Waals surface area contributed by atoms with Crippen molar-refractivity contribution in [3.8, 4) is 11.3 Å². The molecule has 0 atom stereocenters. The Balaban J connectivity index is 1.69. The molecule has 0 N–H and O–H groups in total. The minimum Gasteiger partial charge on any atom is -0.378 e. The Morgan fingerprint density at radius 1 is 0.912 bits per heavy atom. The van der Waals surface area contributed by atoms with Crippen LogP contribution < -0.4 is 4.90 Å². The van der Waals surface area contributed by atoms with Gasteiger partial charge in [0.1, 0.15) is 11.4 Å². The number of anilines is 1. The molecule has 5 rings (SSSR count). The summed E-state index contributed by atoms with van der Waals surface area (Å²) in [5, 5.41) is 0. The zero-order valence-electron chi connectivity index (χ0n) is 20.2. The number of aryl methyl sites for hydroxylation is 3. The summed E-state index contributed by atoms with van der Waals surface area (Å²) in [5.74, 6) is 0.680.